The number of rotatable bonds is 5. The van der Waals surface area contributed by atoms with E-state index in [1.54, 1.807) is 18.4 Å². The Labute approximate surface area is 135 Å². The van der Waals surface area contributed by atoms with Gasteiger partial charge in [-0.2, -0.15) is 18.3 Å². The summed E-state index contributed by atoms with van der Waals surface area (Å²) in [5.41, 5.74) is 0.159. The number of nitrogens with one attached hydrogen (secondary N) is 1. The molecule has 0 aliphatic heterocycles. The summed E-state index contributed by atoms with van der Waals surface area (Å²) in [6.07, 6.45) is -1.50. The minimum Gasteiger partial charge on any atom is -0.306 e. The Bertz CT molecular complexity index is 695. The standard InChI is InChI=1S/C15H18F3N3OS/c1-10(11-4-6-13(7-5-11)23(3)22)19-8-12-9-21(2)20-14(12)15(16,17)18/h4-7,9-10,19H,8H2,1-3H3/t10-,23+/m1/s1. The van der Waals surface area contributed by atoms with E-state index in [4.69, 9.17) is 0 Å². The van der Waals surface area contributed by atoms with Crippen LogP contribution in [0.2, 0.25) is 0 Å². The minimum atomic E-state index is -4.46. The highest BCUT2D eigenvalue weighted by Gasteiger charge is 2.36. The second-order valence-electron chi connectivity index (χ2n) is 5.30. The quantitative estimate of drug-likeness (QED) is 0.906. The number of benzene rings is 1. The molecule has 8 heteroatoms. The van der Waals surface area contributed by atoms with Crippen LogP contribution in [0.3, 0.4) is 0 Å². The highest BCUT2D eigenvalue weighted by atomic mass is 32.2. The van der Waals surface area contributed by atoms with Crippen LogP contribution in [-0.2, 0) is 30.6 Å². The molecule has 1 aromatic heterocycles. The molecular weight excluding hydrogens is 327 g/mol. The lowest BCUT2D eigenvalue weighted by Gasteiger charge is -2.15. The molecule has 0 aliphatic carbocycles. The summed E-state index contributed by atoms with van der Waals surface area (Å²) < 4.78 is 51.2. The Kier molecular flexibility index (Phi) is 5.26. The second kappa shape index (κ2) is 6.84. The summed E-state index contributed by atoms with van der Waals surface area (Å²) in [5, 5.41) is 6.54. The number of nitrogens with zero attached hydrogens (tertiary/aromatic N) is 2. The van der Waals surface area contributed by atoms with Crippen LogP contribution in [0.25, 0.3) is 0 Å². The average Bonchev–Trinajstić information content (AvgIpc) is 2.86. The SMILES string of the molecule is C[C@@H](NCc1cn(C)nc1C(F)(F)F)c1ccc([S@](C)=O)cc1. The van der Waals surface area contributed by atoms with Crippen molar-refractivity contribution in [2.75, 3.05) is 6.26 Å². The van der Waals surface area contributed by atoms with Crippen molar-refractivity contribution in [2.24, 2.45) is 7.05 Å². The molecule has 4 nitrogen and oxygen atoms in total. The molecule has 0 aliphatic rings. The number of aromatic nitrogens is 2. The Morgan fingerprint density at radius 1 is 1.30 bits per heavy atom. The molecule has 0 saturated carbocycles. The van der Waals surface area contributed by atoms with Gasteiger partial charge in [0, 0.05) is 53.3 Å². The van der Waals surface area contributed by atoms with E-state index in [1.807, 2.05) is 19.1 Å². The minimum absolute atomic E-state index is 0.0608. The van der Waals surface area contributed by atoms with Gasteiger partial charge in [-0.3, -0.25) is 8.89 Å². The summed E-state index contributed by atoms with van der Waals surface area (Å²) in [6.45, 7) is 1.92. The van der Waals surface area contributed by atoms with E-state index >= 15 is 0 Å². The summed E-state index contributed by atoms with van der Waals surface area (Å²) in [7, 11) is 0.413. The molecule has 2 aromatic rings. The Morgan fingerprint density at radius 2 is 1.91 bits per heavy atom. The summed E-state index contributed by atoms with van der Waals surface area (Å²) in [6, 6.07) is 7.02. The van der Waals surface area contributed by atoms with Crippen molar-refractivity contribution >= 4 is 10.8 Å². The van der Waals surface area contributed by atoms with Crippen molar-refractivity contribution < 1.29 is 17.4 Å². The maximum absolute atomic E-state index is 12.9. The Balaban J connectivity index is 2.07. The fourth-order valence-corrected chi connectivity index (χ4v) is 2.75. The smallest absolute Gasteiger partial charge is 0.306 e. The number of aryl methyl sites for hydroxylation is 1. The average molecular weight is 345 g/mol. The van der Waals surface area contributed by atoms with Gasteiger partial charge < -0.3 is 5.32 Å². The molecule has 2 rings (SSSR count). The van der Waals surface area contributed by atoms with Crippen LogP contribution in [0.15, 0.2) is 35.4 Å². The number of alkyl halides is 3. The monoisotopic (exact) mass is 345 g/mol. The van der Waals surface area contributed by atoms with E-state index in [9.17, 15) is 17.4 Å². The molecular formula is C15H18F3N3OS. The third-order valence-electron chi connectivity index (χ3n) is 3.48. The van der Waals surface area contributed by atoms with E-state index in [1.165, 1.54) is 13.2 Å². The van der Waals surface area contributed by atoms with Gasteiger partial charge in [0.2, 0.25) is 0 Å². The molecule has 126 valence electrons. The molecule has 0 bridgehead atoms. The maximum Gasteiger partial charge on any atom is 0.435 e. The summed E-state index contributed by atoms with van der Waals surface area (Å²) >= 11 is 0. The van der Waals surface area contributed by atoms with Gasteiger partial charge >= 0.3 is 6.18 Å². The van der Waals surface area contributed by atoms with Crippen LogP contribution in [0.4, 0.5) is 13.2 Å². The Morgan fingerprint density at radius 3 is 2.43 bits per heavy atom. The lowest BCUT2D eigenvalue weighted by Crippen LogP contribution is -2.20. The predicted molar refractivity (Wildman–Crippen MR) is 82.2 cm³/mol. The first-order chi connectivity index (χ1) is 10.7. The maximum atomic E-state index is 12.9. The molecule has 2 atom stereocenters. The van der Waals surface area contributed by atoms with Gasteiger partial charge in [-0.1, -0.05) is 12.1 Å². The molecule has 1 N–H and O–H groups in total. The molecule has 0 spiro atoms. The molecule has 1 heterocycles. The van der Waals surface area contributed by atoms with Crippen LogP contribution >= 0.6 is 0 Å². The van der Waals surface area contributed by atoms with Gasteiger partial charge in [0.25, 0.3) is 0 Å². The van der Waals surface area contributed by atoms with Gasteiger partial charge in [0.1, 0.15) is 0 Å². The zero-order chi connectivity index (χ0) is 17.2. The Hall–Kier alpha value is -1.67. The topological polar surface area (TPSA) is 46.9 Å². The normalized spacial score (nSPS) is 14.7. The van der Waals surface area contributed by atoms with E-state index in [0.717, 1.165) is 10.2 Å². The first-order valence-corrected chi connectivity index (χ1v) is 8.50. The van der Waals surface area contributed by atoms with Crippen molar-refractivity contribution in [1.82, 2.24) is 15.1 Å². The molecule has 0 radical (unpaired) electrons. The van der Waals surface area contributed by atoms with Crippen LogP contribution in [0.5, 0.6) is 0 Å². The molecule has 0 saturated heterocycles. The lowest BCUT2D eigenvalue weighted by molar-refractivity contribution is -0.142. The van der Waals surface area contributed by atoms with Crippen LogP contribution in [0.1, 0.15) is 29.8 Å². The largest absolute Gasteiger partial charge is 0.435 e. The van der Waals surface area contributed by atoms with Crippen LogP contribution in [0, 0.1) is 0 Å². The number of hydrogen-bond donors (Lipinski definition) is 1. The highest BCUT2D eigenvalue weighted by molar-refractivity contribution is 7.84. The molecule has 0 amide bonds. The van der Waals surface area contributed by atoms with Gasteiger partial charge in [-0.25, -0.2) is 0 Å². The van der Waals surface area contributed by atoms with Crippen molar-refractivity contribution in [3.63, 3.8) is 0 Å². The third-order valence-corrected chi connectivity index (χ3v) is 4.42. The molecule has 23 heavy (non-hydrogen) atoms. The van der Waals surface area contributed by atoms with Crippen molar-refractivity contribution in [2.45, 2.75) is 30.6 Å². The fourth-order valence-electron chi connectivity index (χ4n) is 2.23. The van der Waals surface area contributed by atoms with E-state index in [0.29, 0.717) is 4.90 Å². The van der Waals surface area contributed by atoms with Crippen molar-refractivity contribution in [3.05, 3.63) is 47.3 Å². The third kappa shape index (κ3) is 4.42. The van der Waals surface area contributed by atoms with Crippen molar-refractivity contribution in [3.8, 4) is 0 Å². The lowest BCUT2D eigenvalue weighted by atomic mass is 10.1. The molecule has 0 unspecified atom stereocenters. The molecule has 1 aromatic carbocycles. The number of halogens is 3. The van der Waals surface area contributed by atoms with E-state index in [2.05, 4.69) is 10.4 Å². The predicted octanol–water partition coefficient (Wildman–Crippen LogP) is 3.03. The first-order valence-electron chi connectivity index (χ1n) is 6.95. The first kappa shape index (κ1) is 17.7. The second-order valence-corrected chi connectivity index (χ2v) is 6.68. The fraction of sp³-hybridized carbons (Fsp3) is 0.400. The van der Waals surface area contributed by atoms with Gasteiger partial charge in [-0.05, 0) is 24.6 Å². The summed E-state index contributed by atoms with van der Waals surface area (Å²) in [5.74, 6) is 0. The van der Waals surface area contributed by atoms with Gasteiger partial charge in [0.05, 0.1) is 0 Å². The zero-order valence-corrected chi connectivity index (χ0v) is 13.8. The van der Waals surface area contributed by atoms with Gasteiger partial charge in [0.15, 0.2) is 5.69 Å². The van der Waals surface area contributed by atoms with Gasteiger partial charge in [-0.15, -0.1) is 0 Å². The van der Waals surface area contributed by atoms with E-state index in [-0.39, 0.29) is 18.2 Å². The summed E-state index contributed by atoms with van der Waals surface area (Å²) in [4.78, 5) is 0.715. The number of hydrogen-bond acceptors (Lipinski definition) is 3. The highest BCUT2D eigenvalue weighted by Crippen LogP contribution is 2.30. The zero-order valence-electron chi connectivity index (χ0n) is 13.0. The van der Waals surface area contributed by atoms with Crippen LogP contribution in [-0.4, -0.2) is 20.2 Å². The molecule has 0 fully saturated rings. The van der Waals surface area contributed by atoms with Crippen molar-refractivity contribution in [1.29, 1.82) is 0 Å². The van der Waals surface area contributed by atoms with Crippen LogP contribution < -0.4 is 5.32 Å². The van der Waals surface area contributed by atoms with E-state index < -0.39 is 22.7 Å².